The fourth-order valence-electron chi connectivity index (χ4n) is 0.250. The molecule has 0 unspecified atom stereocenters. The van der Waals surface area contributed by atoms with Crippen molar-refractivity contribution in [1.29, 1.82) is 0 Å². The van der Waals surface area contributed by atoms with Gasteiger partial charge >= 0.3 is 39.8 Å². The molecular formula is C4H12Br2Ge. The van der Waals surface area contributed by atoms with Crippen LogP contribution in [0.2, 0.25) is 10.5 Å². The van der Waals surface area contributed by atoms with Crippen molar-refractivity contribution in [2.24, 2.45) is 0 Å². The van der Waals surface area contributed by atoms with Crippen LogP contribution in [0.1, 0.15) is 13.8 Å². The molecular weight excluding hydrogens is 280 g/mol. The van der Waals surface area contributed by atoms with E-state index in [9.17, 15) is 0 Å². The molecule has 0 nitrogen and oxygen atoms in total. The van der Waals surface area contributed by atoms with Crippen molar-refractivity contribution in [2.45, 2.75) is 24.4 Å². The Kier molecular flexibility index (Phi) is 35.3. The van der Waals surface area contributed by atoms with Crippen LogP contribution in [0, 0.1) is 0 Å². The Balaban J connectivity index is -0.0000000800. The van der Waals surface area contributed by atoms with Crippen LogP contribution in [-0.2, 0) is 0 Å². The molecule has 46 valence electrons. The van der Waals surface area contributed by atoms with Gasteiger partial charge in [0.05, 0.1) is 0 Å². The van der Waals surface area contributed by atoms with Crippen LogP contribution in [0.15, 0.2) is 0 Å². The van der Waals surface area contributed by atoms with Gasteiger partial charge in [0.2, 0.25) is 0 Å². The summed E-state index contributed by atoms with van der Waals surface area (Å²) in [6.07, 6.45) is 0. The molecule has 0 aliphatic heterocycles. The molecule has 0 bridgehead atoms. The fraction of sp³-hybridized carbons (Fsp3) is 1.00. The van der Waals surface area contributed by atoms with E-state index >= 15 is 0 Å². The number of hydrogen-bond acceptors (Lipinski definition) is 0. The van der Waals surface area contributed by atoms with Gasteiger partial charge in [0.15, 0.2) is 0 Å². The summed E-state index contributed by atoms with van der Waals surface area (Å²) in [6.45, 7) is 4.53. The molecule has 0 aromatic rings. The predicted octanol–water partition coefficient (Wildman–Crippen LogP) is 2.72. The zero-order valence-corrected chi connectivity index (χ0v) is 10.3. The normalized spacial score (nSPS) is 6.00. The molecule has 0 heterocycles. The number of hydrogen-bond donors (Lipinski definition) is 0. The van der Waals surface area contributed by atoms with E-state index < -0.39 is 0 Å². The van der Waals surface area contributed by atoms with E-state index in [2.05, 4.69) is 13.8 Å². The first kappa shape index (κ1) is 15.8. The van der Waals surface area contributed by atoms with Crippen molar-refractivity contribution in [1.82, 2.24) is 0 Å². The summed E-state index contributed by atoms with van der Waals surface area (Å²) in [4.78, 5) is 0. The molecule has 0 aromatic carbocycles. The van der Waals surface area contributed by atoms with Crippen LogP contribution in [-0.4, -0.2) is 15.4 Å². The van der Waals surface area contributed by atoms with Gasteiger partial charge in [-0.1, -0.05) is 0 Å². The van der Waals surface area contributed by atoms with E-state index in [1.165, 1.54) is 10.5 Å². The maximum atomic E-state index is 2.27. The minimum atomic E-state index is 0. The first-order valence-corrected chi connectivity index (χ1v) is 5.09. The summed E-state index contributed by atoms with van der Waals surface area (Å²) in [5.41, 5.74) is 0. The van der Waals surface area contributed by atoms with Crippen molar-refractivity contribution in [3.8, 4) is 0 Å². The third kappa shape index (κ3) is 18.5. The summed E-state index contributed by atoms with van der Waals surface area (Å²) >= 11 is 0.528. The van der Waals surface area contributed by atoms with Gasteiger partial charge in [-0.25, -0.2) is 0 Å². The molecule has 2 radical (unpaired) electrons. The van der Waals surface area contributed by atoms with Gasteiger partial charge < -0.3 is 0 Å². The van der Waals surface area contributed by atoms with E-state index in [4.69, 9.17) is 0 Å². The molecule has 0 saturated carbocycles. The van der Waals surface area contributed by atoms with Crippen LogP contribution >= 0.6 is 34.0 Å². The van der Waals surface area contributed by atoms with Crippen LogP contribution in [0.4, 0.5) is 0 Å². The SMILES string of the molecule is Br.Br.C[CH2][Ge][CH2]C. The van der Waals surface area contributed by atoms with Crippen molar-refractivity contribution in [2.75, 3.05) is 0 Å². The molecule has 0 aliphatic carbocycles. The maximum absolute atomic E-state index is 2.27. The molecule has 3 heteroatoms. The Hall–Kier alpha value is 1.50. The minimum absolute atomic E-state index is 0. The average Bonchev–Trinajstić information content (AvgIpc) is 1.41. The third-order valence-corrected chi connectivity index (χ3v) is 2.60. The zero-order valence-electron chi connectivity index (χ0n) is 4.73. The second-order valence-electron chi connectivity index (χ2n) is 0.957. The van der Waals surface area contributed by atoms with Gasteiger partial charge in [-0.15, -0.1) is 34.0 Å². The predicted molar refractivity (Wildman–Crippen MR) is 47.4 cm³/mol. The molecule has 0 spiro atoms. The van der Waals surface area contributed by atoms with E-state index in [1.807, 2.05) is 0 Å². The van der Waals surface area contributed by atoms with Gasteiger partial charge in [0.1, 0.15) is 0 Å². The Morgan fingerprint density at radius 2 is 1.29 bits per heavy atom. The Morgan fingerprint density at radius 3 is 1.29 bits per heavy atom. The van der Waals surface area contributed by atoms with Gasteiger partial charge in [-0.05, 0) is 0 Å². The Morgan fingerprint density at radius 1 is 1.00 bits per heavy atom. The standard InChI is InChI=1S/C4H10Ge.2BrH/c1-3-5-4-2;;/h3-4H2,1-2H3;2*1H. The summed E-state index contributed by atoms with van der Waals surface area (Å²) in [6, 6.07) is 0. The summed E-state index contributed by atoms with van der Waals surface area (Å²) in [5, 5.41) is 2.94. The van der Waals surface area contributed by atoms with Crippen molar-refractivity contribution in [3.63, 3.8) is 0 Å². The second kappa shape index (κ2) is 15.6. The number of rotatable bonds is 2. The van der Waals surface area contributed by atoms with E-state index in [0.717, 1.165) is 0 Å². The molecule has 0 fully saturated rings. The third-order valence-electron chi connectivity index (χ3n) is 0.500. The van der Waals surface area contributed by atoms with Crippen molar-refractivity contribution in [3.05, 3.63) is 0 Å². The van der Waals surface area contributed by atoms with Gasteiger partial charge in [-0.3, -0.25) is 0 Å². The van der Waals surface area contributed by atoms with Crippen molar-refractivity contribution >= 4 is 49.4 Å². The van der Waals surface area contributed by atoms with Gasteiger partial charge in [0.25, 0.3) is 0 Å². The monoisotopic (exact) mass is 292 g/mol. The number of halogens is 2. The van der Waals surface area contributed by atoms with Gasteiger partial charge in [-0.2, -0.15) is 0 Å². The summed E-state index contributed by atoms with van der Waals surface area (Å²) < 4.78 is 0. The molecule has 0 amide bonds. The molecule has 0 atom stereocenters. The first-order chi connectivity index (χ1) is 2.41. The van der Waals surface area contributed by atoms with Crippen molar-refractivity contribution < 1.29 is 0 Å². The first-order valence-electron chi connectivity index (χ1n) is 2.12. The van der Waals surface area contributed by atoms with Crippen LogP contribution in [0.25, 0.3) is 0 Å². The second-order valence-corrected chi connectivity index (χ2v) is 4.97. The molecule has 0 rings (SSSR count). The summed E-state index contributed by atoms with van der Waals surface area (Å²) in [7, 11) is 0. The van der Waals surface area contributed by atoms with E-state index in [0.29, 0.717) is 15.4 Å². The molecule has 0 saturated heterocycles. The van der Waals surface area contributed by atoms with Crippen LogP contribution in [0.3, 0.4) is 0 Å². The Bertz CT molecular complexity index is 17.2. The molecule has 0 aliphatic rings. The van der Waals surface area contributed by atoms with Crippen LogP contribution in [0.5, 0.6) is 0 Å². The fourth-order valence-corrected chi connectivity index (χ4v) is 1.30. The Labute approximate surface area is 73.5 Å². The molecule has 0 aromatic heterocycles. The van der Waals surface area contributed by atoms with Crippen LogP contribution < -0.4 is 0 Å². The van der Waals surface area contributed by atoms with E-state index in [-0.39, 0.29) is 34.0 Å². The zero-order chi connectivity index (χ0) is 4.12. The quantitative estimate of drug-likeness (QED) is 0.687. The topological polar surface area (TPSA) is 0 Å². The summed E-state index contributed by atoms with van der Waals surface area (Å²) in [5.74, 6) is 0. The molecule has 0 N–H and O–H groups in total. The van der Waals surface area contributed by atoms with E-state index in [1.54, 1.807) is 0 Å². The average molecular weight is 293 g/mol. The molecule has 7 heavy (non-hydrogen) atoms. The van der Waals surface area contributed by atoms with Gasteiger partial charge in [0, 0.05) is 0 Å².